The van der Waals surface area contributed by atoms with Crippen LogP contribution in [-0.4, -0.2) is 20.6 Å². The maximum Gasteiger partial charge on any atom is 0.323 e. The summed E-state index contributed by atoms with van der Waals surface area (Å²) in [6, 6.07) is 16.9. The summed E-state index contributed by atoms with van der Waals surface area (Å²) in [5.74, 6) is -1.08. The molecule has 0 spiro atoms. The maximum atomic E-state index is 12.8. The first-order chi connectivity index (χ1) is 13.0. The standard InChI is InChI=1S/C21H19ClN2O3/c22-17-11-9-16(10-12-17)19-13-23-18(21(27)24(19)14-20(25)26)8-4-7-15-5-2-1-3-6-15/h1-3,5-6,9-13H,4,7-8,14H2,(H,25,26). The first kappa shape index (κ1) is 18.9. The highest BCUT2D eigenvalue weighted by Crippen LogP contribution is 2.20. The van der Waals surface area contributed by atoms with Crippen molar-refractivity contribution in [3.8, 4) is 11.3 Å². The molecule has 0 amide bonds. The quantitative estimate of drug-likeness (QED) is 0.674. The van der Waals surface area contributed by atoms with E-state index < -0.39 is 12.5 Å². The molecule has 138 valence electrons. The Labute approximate surface area is 161 Å². The second kappa shape index (κ2) is 8.64. The van der Waals surface area contributed by atoms with Gasteiger partial charge in [0.15, 0.2) is 0 Å². The SMILES string of the molecule is O=C(O)Cn1c(-c2ccc(Cl)cc2)cnc(CCCc2ccccc2)c1=O. The lowest BCUT2D eigenvalue weighted by molar-refractivity contribution is -0.137. The molecule has 0 aliphatic carbocycles. The summed E-state index contributed by atoms with van der Waals surface area (Å²) in [6.07, 6.45) is 3.65. The van der Waals surface area contributed by atoms with Crippen LogP contribution in [0.5, 0.6) is 0 Å². The molecule has 6 heteroatoms. The van der Waals surface area contributed by atoms with E-state index in [-0.39, 0.29) is 5.56 Å². The molecule has 2 aromatic carbocycles. The zero-order valence-corrected chi connectivity index (χ0v) is 15.4. The van der Waals surface area contributed by atoms with E-state index in [0.29, 0.717) is 28.4 Å². The zero-order valence-electron chi connectivity index (χ0n) is 14.6. The summed E-state index contributed by atoms with van der Waals surface area (Å²) in [5, 5.41) is 9.79. The fraction of sp³-hybridized carbons (Fsp3) is 0.190. The molecular weight excluding hydrogens is 364 g/mol. The average Bonchev–Trinajstić information content (AvgIpc) is 2.66. The number of carbonyl (C=O) groups is 1. The van der Waals surface area contributed by atoms with Crippen LogP contribution in [0.25, 0.3) is 11.3 Å². The van der Waals surface area contributed by atoms with Crippen LogP contribution in [0, 0.1) is 0 Å². The van der Waals surface area contributed by atoms with Crippen LogP contribution in [0.3, 0.4) is 0 Å². The first-order valence-electron chi connectivity index (χ1n) is 8.65. The molecule has 5 nitrogen and oxygen atoms in total. The molecule has 3 aromatic rings. The van der Waals surface area contributed by atoms with Gasteiger partial charge >= 0.3 is 5.97 Å². The van der Waals surface area contributed by atoms with Gasteiger partial charge in [0.2, 0.25) is 0 Å². The van der Waals surface area contributed by atoms with Gasteiger partial charge < -0.3 is 5.11 Å². The van der Waals surface area contributed by atoms with E-state index in [9.17, 15) is 14.7 Å². The van der Waals surface area contributed by atoms with Gasteiger partial charge in [-0.1, -0.05) is 54.1 Å². The fourth-order valence-corrected chi connectivity index (χ4v) is 3.07. The number of aliphatic carboxylic acids is 1. The molecule has 1 N–H and O–H groups in total. The third-order valence-corrected chi connectivity index (χ3v) is 4.53. The predicted octanol–water partition coefficient (Wildman–Crippen LogP) is 3.82. The monoisotopic (exact) mass is 382 g/mol. The van der Waals surface area contributed by atoms with Gasteiger partial charge in [0, 0.05) is 5.02 Å². The van der Waals surface area contributed by atoms with Gasteiger partial charge in [0.05, 0.1) is 11.9 Å². The Morgan fingerprint density at radius 1 is 1.04 bits per heavy atom. The molecule has 0 aliphatic rings. The molecule has 0 fully saturated rings. The molecule has 27 heavy (non-hydrogen) atoms. The summed E-state index contributed by atoms with van der Waals surface area (Å²) in [7, 11) is 0. The Morgan fingerprint density at radius 2 is 1.74 bits per heavy atom. The molecule has 0 atom stereocenters. The van der Waals surface area contributed by atoms with Gasteiger partial charge in [0.1, 0.15) is 12.2 Å². The molecular formula is C21H19ClN2O3. The van der Waals surface area contributed by atoms with Gasteiger partial charge in [-0.2, -0.15) is 0 Å². The predicted molar refractivity (Wildman–Crippen MR) is 105 cm³/mol. The second-order valence-electron chi connectivity index (χ2n) is 6.22. The van der Waals surface area contributed by atoms with Crippen molar-refractivity contribution in [1.82, 2.24) is 9.55 Å². The molecule has 0 saturated carbocycles. The molecule has 0 aliphatic heterocycles. The second-order valence-corrected chi connectivity index (χ2v) is 6.66. The Balaban J connectivity index is 1.86. The molecule has 0 saturated heterocycles. The summed E-state index contributed by atoms with van der Waals surface area (Å²) >= 11 is 5.91. The highest BCUT2D eigenvalue weighted by atomic mass is 35.5. The molecule has 1 aromatic heterocycles. The third-order valence-electron chi connectivity index (χ3n) is 4.28. The van der Waals surface area contributed by atoms with Crippen molar-refractivity contribution >= 4 is 17.6 Å². The number of aryl methyl sites for hydroxylation is 2. The van der Waals surface area contributed by atoms with Crippen LogP contribution in [0.4, 0.5) is 0 Å². The summed E-state index contributed by atoms with van der Waals surface area (Å²) in [6.45, 7) is -0.412. The zero-order chi connectivity index (χ0) is 19.2. The number of carboxylic acid groups (broad SMARTS) is 1. The minimum absolute atomic E-state index is 0.363. The van der Waals surface area contributed by atoms with Crippen molar-refractivity contribution in [1.29, 1.82) is 0 Å². The van der Waals surface area contributed by atoms with E-state index >= 15 is 0 Å². The van der Waals surface area contributed by atoms with Crippen LogP contribution < -0.4 is 5.56 Å². The van der Waals surface area contributed by atoms with E-state index in [1.807, 2.05) is 30.3 Å². The molecule has 3 rings (SSSR count). The van der Waals surface area contributed by atoms with E-state index in [1.165, 1.54) is 10.1 Å². The summed E-state index contributed by atoms with van der Waals surface area (Å²) in [5.41, 5.74) is 2.37. The summed E-state index contributed by atoms with van der Waals surface area (Å²) in [4.78, 5) is 28.4. The topological polar surface area (TPSA) is 72.2 Å². The lowest BCUT2D eigenvalue weighted by Crippen LogP contribution is -2.29. The Hall–Kier alpha value is -2.92. The highest BCUT2D eigenvalue weighted by Gasteiger charge is 2.14. The van der Waals surface area contributed by atoms with Crippen molar-refractivity contribution in [3.63, 3.8) is 0 Å². The van der Waals surface area contributed by atoms with Crippen LogP contribution in [-0.2, 0) is 24.2 Å². The van der Waals surface area contributed by atoms with Crippen LogP contribution >= 0.6 is 11.6 Å². The number of halogens is 1. The highest BCUT2D eigenvalue weighted by molar-refractivity contribution is 6.30. The molecule has 1 heterocycles. The van der Waals surface area contributed by atoms with Crippen molar-refractivity contribution in [2.24, 2.45) is 0 Å². The molecule has 0 bridgehead atoms. The van der Waals surface area contributed by atoms with Gasteiger partial charge in [-0.3, -0.25) is 19.1 Å². The number of carboxylic acids is 1. The Bertz CT molecular complexity index is 983. The van der Waals surface area contributed by atoms with Gasteiger partial charge in [-0.15, -0.1) is 0 Å². The van der Waals surface area contributed by atoms with Gasteiger partial charge in [-0.25, -0.2) is 0 Å². The lowest BCUT2D eigenvalue weighted by atomic mass is 10.1. The normalized spacial score (nSPS) is 10.7. The minimum Gasteiger partial charge on any atom is -0.480 e. The number of hydrogen-bond donors (Lipinski definition) is 1. The van der Waals surface area contributed by atoms with Crippen LogP contribution in [0.1, 0.15) is 17.7 Å². The van der Waals surface area contributed by atoms with Crippen molar-refractivity contribution in [2.75, 3.05) is 0 Å². The van der Waals surface area contributed by atoms with Crippen molar-refractivity contribution in [2.45, 2.75) is 25.8 Å². The van der Waals surface area contributed by atoms with Crippen molar-refractivity contribution < 1.29 is 9.90 Å². The van der Waals surface area contributed by atoms with E-state index in [0.717, 1.165) is 12.8 Å². The number of hydrogen-bond acceptors (Lipinski definition) is 3. The number of aromatic nitrogens is 2. The number of nitrogens with zero attached hydrogens (tertiary/aromatic N) is 2. The first-order valence-corrected chi connectivity index (χ1v) is 9.03. The number of benzene rings is 2. The maximum absolute atomic E-state index is 12.8. The Morgan fingerprint density at radius 3 is 2.41 bits per heavy atom. The average molecular weight is 383 g/mol. The van der Waals surface area contributed by atoms with Gasteiger partial charge in [-0.05, 0) is 42.5 Å². The fourth-order valence-electron chi connectivity index (χ4n) is 2.95. The van der Waals surface area contributed by atoms with Crippen LogP contribution in [0.15, 0.2) is 65.6 Å². The van der Waals surface area contributed by atoms with Crippen molar-refractivity contribution in [3.05, 3.63) is 87.4 Å². The van der Waals surface area contributed by atoms with E-state index in [2.05, 4.69) is 4.98 Å². The minimum atomic E-state index is -1.08. The number of rotatable bonds is 7. The third kappa shape index (κ3) is 4.83. The van der Waals surface area contributed by atoms with Gasteiger partial charge in [0.25, 0.3) is 5.56 Å². The van der Waals surface area contributed by atoms with E-state index in [1.54, 1.807) is 30.5 Å². The Kier molecular flexibility index (Phi) is 6.04. The summed E-state index contributed by atoms with van der Waals surface area (Å²) < 4.78 is 1.26. The largest absolute Gasteiger partial charge is 0.480 e. The van der Waals surface area contributed by atoms with E-state index in [4.69, 9.17) is 11.6 Å². The van der Waals surface area contributed by atoms with Crippen LogP contribution in [0.2, 0.25) is 5.02 Å². The molecule has 0 radical (unpaired) electrons. The lowest BCUT2D eigenvalue weighted by Gasteiger charge is -2.12. The smallest absolute Gasteiger partial charge is 0.323 e. The molecule has 0 unspecified atom stereocenters.